The largest absolute Gasteiger partial charge is 0.381 e. The number of amidine groups is 1. The molecule has 1 aromatic carbocycles. The second-order valence-electron chi connectivity index (χ2n) is 11.2. The summed E-state index contributed by atoms with van der Waals surface area (Å²) in [5.74, 6) is -0.0457. The molecule has 222 valence electrons. The summed E-state index contributed by atoms with van der Waals surface area (Å²) >= 11 is 0. The second kappa shape index (κ2) is 11.3. The molecule has 16 heteroatoms. The van der Waals surface area contributed by atoms with Crippen molar-refractivity contribution in [2.75, 3.05) is 83.3 Å². The highest BCUT2D eigenvalue weighted by Crippen LogP contribution is 2.43. The molecule has 4 saturated heterocycles. The van der Waals surface area contributed by atoms with E-state index in [4.69, 9.17) is 15.7 Å². The SMILES string of the molecule is NC1=NS(=O)(=O)Nc2nc3c(C4CNCCN4)c(C4CNCCN4)c(C4CNCCN4)c(C4CNCCN4)c3nc21. The minimum atomic E-state index is -4.02. The molecule has 0 aliphatic carbocycles. The topological polar surface area (TPSA) is 207 Å². The Labute approximate surface area is 239 Å². The van der Waals surface area contributed by atoms with Gasteiger partial charge in [0.1, 0.15) is 0 Å². The summed E-state index contributed by atoms with van der Waals surface area (Å²) in [7, 11) is -4.02. The first-order valence-corrected chi connectivity index (χ1v) is 16.0. The highest BCUT2D eigenvalue weighted by atomic mass is 32.2. The first-order valence-electron chi connectivity index (χ1n) is 14.6. The number of nitrogens with one attached hydrogen (secondary N) is 9. The van der Waals surface area contributed by atoms with Gasteiger partial charge in [0.25, 0.3) is 0 Å². The first kappa shape index (κ1) is 27.3. The second-order valence-corrected chi connectivity index (χ2v) is 12.5. The lowest BCUT2D eigenvalue weighted by Gasteiger charge is -2.39. The standard InChI is InChI=1S/C25H39N13O2S/c26-24-23-25(38-41(39,40)37-24)36-22-20(16-12-30-4-8-34-16)18(14-10-28-2-6-32-14)17(13-9-27-1-5-31-13)19(21(22)35-23)15-11-29-3-7-33-15/h13-16,27-34H,1-12H2,(H2,26,37)(H,36,38). The summed E-state index contributed by atoms with van der Waals surface area (Å²) in [5.41, 5.74) is 12.4. The van der Waals surface area contributed by atoms with E-state index in [2.05, 4.69) is 51.7 Å². The molecule has 5 aliphatic heterocycles. The summed E-state index contributed by atoms with van der Waals surface area (Å²) in [6, 6.07) is -0.00630. The molecule has 11 N–H and O–H groups in total. The van der Waals surface area contributed by atoms with Crippen molar-refractivity contribution in [3.05, 3.63) is 27.9 Å². The van der Waals surface area contributed by atoms with Gasteiger partial charge in [-0.15, -0.1) is 4.40 Å². The smallest absolute Gasteiger partial charge is 0.345 e. The third kappa shape index (κ3) is 5.17. The van der Waals surface area contributed by atoms with Crippen LogP contribution in [-0.2, 0) is 10.2 Å². The van der Waals surface area contributed by atoms with E-state index in [-0.39, 0.29) is 41.5 Å². The van der Waals surface area contributed by atoms with Crippen LogP contribution >= 0.6 is 0 Å². The molecule has 0 bridgehead atoms. The number of aromatic nitrogens is 2. The summed E-state index contributed by atoms with van der Waals surface area (Å²) in [6.45, 7) is 9.88. The van der Waals surface area contributed by atoms with Crippen LogP contribution < -0.4 is 53.0 Å². The molecule has 4 unspecified atom stereocenters. The Hall–Kier alpha value is -2.54. The van der Waals surface area contributed by atoms with Crippen molar-refractivity contribution in [1.82, 2.24) is 52.5 Å². The van der Waals surface area contributed by atoms with Gasteiger partial charge in [0.2, 0.25) is 0 Å². The maximum Gasteiger partial charge on any atom is 0.345 e. The van der Waals surface area contributed by atoms with Crippen molar-refractivity contribution >= 4 is 32.9 Å². The average Bonchev–Trinajstić information content (AvgIpc) is 3.00. The number of fused-ring (bicyclic) bond motifs is 2. The maximum atomic E-state index is 12.5. The van der Waals surface area contributed by atoms with Crippen LogP contribution in [0.25, 0.3) is 11.0 Å². The fourth-order valence-corrected chi connectivity index (χ4v) is 7.59. The van der Waals surface area contributed by atoms with Gasteiger partial charge in [-0.05, 0) is 11.1 Å². The zero-order chi connectivity index (χ0) is 28.0. The summed E-state index contributed by atoms with van der Waals surface area (Å²) in [6.07, 6.45) is 0. The molecule has 2 aromatic rings. The molecule has 5 aliphatic rings. The summed E-state index contributed by atoms with van der Waals surface area (Å²) in [4.78, 5) is 10.1. The van der Waals surface area contributed by atoms with E-state index in [0.29, 0.717) is 12.1 Å². The number of piperazine rings is 4. The van der Waals surface area contributed by atoms with Gasteiger partial charge in [-0.1, -0.05) is 0 Å². The Morgan fingerprint density at radius 2 is 1.00 bits per heavy atom. The van der Waals surface area contributed by atoms with Crippen molar-refractivity contribution in [3.63, 3.8) is 0 Å². The summed E-state index contributed by atoms with van der Waals surface area (Å²) < 4.78 is 31.2. The Balaban J connectivity index is 1.59. The van der Waals surface area contributed by atoms with E-state index in [0.717, 1.165) is 88.6 Å². The van der Waals surface area contributed by atoms with E-state index >= 15 is 0 Å². The van der Waals surface area contributed by atoms with Gasteiger partial charge in [0.05, 0.1) is 11.0 Å². The van der Waals surface area contributed by atoms with Crippen molar-refractivity contribution in [3.8, 4) is 0 Å². The molecular formula is C25H39N13O2S. The highest BCUT2D eigenvalue weighted by Gasteiger charge is 2.38. The molecule has 0 saturated carbocycles. The Morgan fingerprint density at radius 1 is 0.585 bits per heavy atom. The molecule has 4 fully saturated rings. The zero-order valence-electron chi connectivity index (χ0n) is 22.9. The fourth-order valence-electron chi connectivity index (χ4n) is 6.81. The quantitative estimate of drug-likeness (QED) is 0.173. The number of benzene rings is 1. The molecule has 41 heavy (non-hydrogen) atoms. The third-order valence-electron chi connectivity index (χ3n) is 8.52. The Bertz CT molecular complexity index is 1440. The van der Waals surface area contributed by atoms with Crippen LogP contribution in [0.2, 0.25) is 0 Å². The molecule has 15 nitrogen and oxygen atoms in total. The number of nitrogens with zero attached hydrogens (tertiary/aromatic N) is 3. The number of hydrogen-bond acceptors (Lipinski definition) is 13. The molecule has 0 spiro atoms. The van der Waals surface area contributed by atoms with E-state index < -0.39 is 10.2 Å². The van der Waals surface area contributed by atoms with Crippen LogP contribution in [0.1, 0.15) is 52.1 Å². The van der Waals surface area contributed by atoms with Crippen molar-refractivity contribution in [2.45, 2.75) is 24.2 Å². The number of anilines is 1. The maximum absolute atomic E-state index is 12.5. The molecule has 0 radical (unpaired) electrons. The van der Waals surface area contributed by atoms with E-state index in [9.17, 15) is 8.42 Å². The van der Waals surface area contributed by atoms with Crippen LogP contribution in [0.15, 0.2) is 4.40 Å². The average molecular weight is 586 g/mol. The van der Waals surface area contributed by atoms with E-state index in [1.165, 1.54) is 11.1 Å². The molecule has 7 rings (SSSR count). The van der Waals surface area contributed by atoms with Gasteiger partial charge in [0, 0.05) is 114 Å². The van der Waals surface area contributed by atoms with Gasteiger partial charge in [-0.25, -0.2) is 14.7 Å². The van der Waals surface area contributed by atoms with Crippen molar-refractivity contribution in [1.29, 1.82) is 0 Å². The molecule has 1 aromatic heterocycles. The fraction of sp³-hybridized carbons (Fsp3) is 0.640. The van der Waals surface area contributed by atoms with Crippen LogP contribution in [0.3, 0.4) is 0 Å². The molecule has 6 heterocycles. The van der Waals surface area contributed by atoms with E-state index in [1.807, 2.05) is 0 Å². The molecular weight excluding hydrogens is 546 g/mol. The predicted octanol–water partition coefficient (Wildman–Crippen LogP) is -3.06. The van der Waals surface area contributed by atoms with Crippen LogP contribution in [0, 0.1) is 0 Å². The number of nitrogens with two attached hydrogens (primary N) is 1. The minimum Gasteiger partial charge on any atom is -0.381 e. The lowest BCUT2D eigenvalue weighted by molar-refractivity contribution is 0.381. The van der Waals surface area contributed by atoms with Gasteiger partial charge in [-0.2, -0.15) is 8.42 Å². The van der Waals surface area contributed by atoms with Gasteiger partial charge >= 0.3 is 10.2 Å². The van der Waals surface area contributed by atoms with Crippen LogP contribution in [-0.4, -0.2) is 103 Å². The summed E-state index contributed by atoms with van der Waals surface area (Å²) in [5, 5.41) is 29.3. The van der Waals surface area contributed by atoms with Gasteiger partial charge in [-0.3, -0.25) is 0 Å². The van der Waals surface area contributed by atoms with Crippen molar-refractivity contribution in [2.24, 2.45) is 10.1 Å². The monoisotopic (exact) mass is 585 g/mol. The Morgan fingerprint density at radius 3 is 1.41 bits per heavy atom. The highest BCUT2D eigenvalue weighted by molar-refractivity contribution is 7.91. The van der Waals surface area contributed by atoms with Gasteiger partial charge < -0.3 is 48.3 Å². The third-order valence-corrected chi connectivity index (χ3v) is 9.41. The van der Waals surface area contributed by atoms with Crippen molar-refractivity contribution < 1.29 is 8.42 Å². The first-order chi connectivity index (χ1) is 20.0. The van der Waals surface area contributed by atoms with Crippen LogP contribution in [0.4, 0.5) is 5.82 Å². The normalized spacial score (nSPS) is 30.3. The number of rotatable bonds is 4. The Kier molecular flexibility index (Phi) is 7.51. The van der Waals surface area contributed by atoms with Crippen LogP contribution in [0.5, 0.6) is 0 Å². The molecule has 4 atom stereocenters. The number of hydrogen-bond donors (Lipinski definition) is 10. The van der Waals surface area contributed by atoms with E-state index in [1.54, 1.807) is 0 Å². The lowest BCUT2D eigenvalue weighted by atomic mass is 9.79. The van der Waals surface area contributed by atoms with Gasteiger partial charge in [0.15, 0.2) is 17.3 Å². The predicted molar refractivity (Wildman–Crippen MR) is 157 cm³/mol. The minimum absolute atomic E-state index is 0.0297. The molecule has 0 amide bonds. The zero-order valence-corrected chi connectivity index (χ0v) is 23.8. The lowest BCUT2D eigenvalue weighted by Crippen LogP contribution is -2.49.